The quantitative estimate of drug-likeness (QED) is 0.731. The van der Waals surface area contributed by atoms with Crippen molar-refractivity contribution in [2.24, 2.45) is 5.73 Å². The molecule has 0 saturated heterocycles. The number of nitrogens with two attached hydrogens (primary N) is 1. The lowest BCUT2D eigenvalue weighted by molar-refractivity contribution is 0.109. The van der Waals surface area contributed by atoms with Crippen LogP contribution in [0.4, 0.5) is 0 Å². The van der Waals surface area contributed by atoms with E-state index in [2.05, 4.69) is 9.97 Å². The molecule has 14 heavy (non-hydrogen) atoms. The van der Waals surface area contributed by atoms with Gasteiger partial charge >= 0.3 is 0 Å². The van der Waals surface area contributed by atoms with Crippen molar-refractivity contribution in [2.45, 2.75) is 32.3 Å². The Morgan fingerprint density at radius 1 is 1.64 bits per heavy atom. The standard InChI is InChI=1S/C10H17N3O/c1-7(14)10(3,6-11)9-4-5-12-8(2)13-9/h4-5,7,14H,6,11H2,1-3H3. The van der Waals surface area contributed by atoms with Crippen LogP contribution in [0.5, 0.6) is 0 Å². The summed E-state index contributed by atoms with van der Waals surface area (Å²) < 4.78 is 0. The zero-order valence-electron chi connectivity index (χ0n) is 8.86. The molecule has 0 amide bonds. The molecule has 0 saturated carbocycles. The molecule has 0 bridgehead atoms. The van der Waals surface area contributed by atoms with Gasteiger partial charge in [-0.15, -0.1) is 0 Å². The largest absolute Gasteiger partial charge is 0.392 e. The number of nitrogens with zero attached hydrogens (tertiary/aromatic N) is 2. The van der Waals surface area contributed by atoms with Gasteiger partial charge in [0.25, 0.3) is 0 Å². The maximum atomic E-state index is 9.68. The number of rotatable bonds is 3. The van der Waals surface area contributed by atoms with Crippen LogP contribution >= 0.6 is 0 Å². The zero-order chi connectivity index (χ0) is 10.8. The Morgan fingerprint density at radius 2 is 2.29 bits per heavy atom. The second kappa shape index (κ2) is 4.02. The van der Waals surface area contributed by atoms with Gasteiger partial charge in [0.05, 0.1) is 11.8 Å². The predicted molar refractivity (Wildman–Crippen MR) is 54.9 cm³/mol. The molecule has 0 aromatic carbocycles. The van der Waals surface area contributed by atoms with Gasteiger partial charge in [-0.2, -0.15) is 0 Å². The van der Waals surface area contributed by atoms with Gasteiger partial charge in [0.15, 0.2) is 0 Å². The molecule has 2 unspecified atom stereocenters. The molecule has 4 nitrogen and oxygen atoms in total. The van der Waals surface area contributed by atoms with E-state index < -0.39 is 11.5 Å². The van der Waals surface area contributed by atoms with E-state index in [0.29, 0.717) is 12.4 Å². The van der Waals surface area contributed by atoms with Crippen molar-refractivity contribution < 1.29 is 5.11 Å². The fraction of sp³-hybridized carbons (Fsp3) is 0.600. The molecular formula is C10H17N3O. The summed E-state index contributed by atoms with van der Waals surface area (Å²) in [6, 6.07) is 1.80. The highest BCUT2D eigenvalue weighted by Gasteiger charge is 2.32. The number of aliphatic hydroxyl groups is 1. The van der Waals surface area contributed by atoms with Crippen LogP contribution in [0, 0.1) is 6.92 Å². The van der Waals surface area contributed by atoms with Crippen molar-refractivity contribution in [1.82, 2.24) is 9.97 Å². The van der Waals surface area contributed by atoms with Gasteiger partial charge in [-0.3, -0.25) is 0 Å². The van der Waals surface area contributed by atoms with E-state index in [4.69, 9.17) is 5.73 Å². The van der Waals surface area contributed by atoms with Gasteiger partial charge in [-0.05, 0) is 19.9 Å². The van der Waals surface area contributed by atoms with Crippen molar-refractivity contribution in [2.75, 3.05) is 6.54 Å². The molecule has 0 radical (unpaired) electrons. The molecule has 1 heterocycles. The van der Waals surface area contributed by atoms with Crippen LogP contribution in [0.25, 0.3) is 0 Å². The van der Waals surface area contributed by atoms with Crippen LogP contribution in [-0.2, 0) is 5.41 Å². The lowest BCUT2D eigenvalue weighted by Crippen LogP contribution is -2.42. The molecule has 1 aromatic rings. The van der Waals surface area contributed by atoms with Gasteiger partial charge in [-0.1, -0.05) is 6.92 Å². The number of hydrogen-bond donors (Lipinski definition) is 2. The summed E-state index contributed by atoms with van der Waals surface area (Å²) in [6.07, 6.45) is 1.16. The van der Waals surface area contributed by atoms with E-state index in [9.17, 15) is 5.11 Å². The van der Waals surface area contributed by atoms with Crippen molar-refractivity contribution >= 4 is 0 Å². The molecule has 1 aromatic heterocycles. The Morgan fingerprint density at radius 3 is 2.71 bits per heavy atom. The number of aromatic nitrogens is 2. The summed E-state index contributed by atoms with van der Waals surface area (Å²) in [4.78, 5) is 8.30. The van der Waals surface area contributed by atoms with Crippen LogP contribution < -0.4 is 5.73 Å². The van der Waals surface area contributed by atoms with Crippen LogP contribution in [0.2, 0.25) is 0 Å². The highest BCUT2D eigenvalue weighted by molar-refractivity contribution is 5.17. The van der Waals surface area contributed by atoms with E-state index in [0.717, 1.165) is 5.69 Å². The summed E-state index contributed by atoms with van der Waals surface area (Å²) >= 11 is 0. The molecule has 78 valence electrons. The lowest BCUT2D eigenvalue weighted by atomic mass is 9.81. The van der Waals surface area contributed by atoms with E-state index in [1.54, 1.807) is 19.2 Å². The average molecular weight is 195 g/mol. The van der Waals surface area contributed by atoms with Gasteiger partial charge in [-0.25, -0.2) is 9.97 Å². The Bertz CT molecular complexity index is 314. The van der Waals surface area contributed by atoms with Crippen molar-refractivity contribution in [3.05, 3.63) is 23.8 Å². The average Bonchev–Trinajstić information content (AvgIpc) is 2.16. The molecule has 0 aliphatic heterocycles. The molecular weight excluding hydrogens is 178 g/mol. The molecule has 0 aliphatic rings. The first kappa shape index (κ1) is 11.1. The Labute approximate surface area is 84.2 Å². The fourth-order valence-corrected chi connectivity index (χ4v) is 1.26. The summed E-state index contributed by atoms with van der Waals surface area (Å²) in [7, 11) is 0. The molecule has 0 aliphatic carbocycles. The molecule has 0 fully saturated rings. The molecule has 4 heteroatoms. The second-order valence-electron chi connectivity index (χ2n) is 3.79. The van der Waals surface area contributed by atoms with Crippen LogP contribution in [-0.4, -0.2) is 27.7 Å². The Hall–Kier alpha value is -1.00. The summed E-state index contributed by atoms with van der Waals surface area (Å²) in [6.45, 7) is 5.81. The number of hydrogen-bond acceptors (Lipinski definition) is 4. The predicted octanol–water partition coefficient (Wildman–Crippen LogP) is 0.382. The van der Waals surface area contributed by atoms with Gasteiger partial charge in [0, 0.05) is 18.2 Å². The van der Waals surface area contributed by atoms with Gasteiger partial charge in [0.2, 0.25) is 0 Å². The van der Waals surface area contributed by atoms with Gasteiger partial charge in [0.1, 0.15) is 5.82 Å². The van der Waals surface area contributed by atoms with Crippen molar-refractivity contribution in [1.29, 1.82) is 0 Å². The van der Waals surface area contributed by atoms with E-state index >= 15 is 0 Å². The minimum absolute atomic E-state index is 0.362. The maximum absolute atomic E-state index is 9.68. The van der Waals surface area contributed by atoms with Crippen molar-refractivity contribution in [3.63, 3.8) is 0 Å². The third-order valence-electron chi connectivity index (χ3n) is 2.71. The molecule has 0 spiro atoms. The van der Waals surface area contributed by atoms with E-state index in [-0.39, 0.29) is 0 Å². The third kappa shape index (κ3) is 1.91. The van der Waals surface area contributed by atoms with Crippen LogP contribution in [0.1, 0.15) is 25.4 Å². The SMILES string of the molecule is Cc1nccc(C(C)(CN)C(C)O)n1. The topological polar surface area (TPSA) is 72.0 Å². The monoisotopic (exact) mass is 195 g/mol. The highest BCUT2D eigenvalue weighted by atomic mass is 16.3. The highest BCUT2D eigenvalue weighted by Crippen LogP contribution is 2.24. The summed E-state index contributed by atoms with van der Waals surface area (Å²) in [5.74, 6) is 0.697. The maximum Gasteiger partial charge on any atom is 0.125 e. The van der Waals surface area contributed by atoms with Crippen LogP contribution in [0.15, 0.2) is 12.3 Å². The first-order valence-corrected chi connectivity index (χ1v) is 4.69. The molecule has 2 atom stereocenters. The van der Waals surface area contributed by atoms with E-state index in [1.165, 1.54) is 0 Å². The fourth-order valence-electron chi connectivity index (χ4n) is 1.26. The van der Waals surface area contributed by atoms with Gasteiger partial charge < -0.3 is 10.8 Å². The first-order valence-electron chi connectivity index (χ1n) is 4.69. The molecule has 1 rings (SSSR count). The summed E-state index contributed by atoms with van der Waals surface area (Å²) in [5, 5.41) is 9.68. The number of aliphatic hydroxyl groups excluding tert-OH is 1. The first-order chi connectivity index (χ1) is 6.50. The van der Waals surface area contributed by atoms with Crippen molar-refractivity contribution in [3.8, 4) is 0 Å². The smallest absolute Gasteiger partial charge is 0.125 e. The van der Waals surface area contributed by atoms with Crippen LogP contribution in [0.3, 0.4) is 0 Å². The van der Waals surface area contributed by atoms with E-state index in [1.807, 2.05) is 13.8 Å². The minimum Gasteiger partial charge on any atom is -0.392 e. The Kier molecular flexibility index (Phi) is 3.18. The number of aryl methyl sites for hydroxylation is 1. The summed E-state index contributed by atoms with van der Waals surface area (Å²) in [5.41, 5.74) is 5.97. The lowest BCUT2D eigenvalue weighted by Gasteiger charge is -2.30. The zero-order valence-corrected chi connectivity index (χ0v) is 8.86. The third-order valence-corrected chi connectivity index (χ3v) is 2.71. The minimum atomic E-state index is -0.526. The normalized spacial score (nSPS) is 17.5. The molecule has 3 N–H and O–H groups in total. The Balaban J connectivity index is 3.12. The second-order valence-corrected chi connectivity index (χ2v) is 3.79.